The molecule has 1 heterocycles. The van der Waals surface area contributed by atoms with Crippen LogP contribution in [0.25, 0.3) is 0 Å². The lowest BCUT2D eigenvalue weighted by atomic mass is 10.2. The summed E-state index contributed by atoms with van der Waals surface area (Å²) in [6.07, 6.45) is 1.06. The van der Waals surface area contributed by atoms with E-state index in [9.17, 15) is 13.2 Å². The fraction of sp³-hybridized carbons (Fsp3) is 0.0833. The van der Waals surface area contributed by atoms with E-state index in [1.54, 1.807) is 41.8 Å². The van der Waals surface area contributed by atoms with Gasteiger partial charge in [-0.2, -0.15) is 0 Å². The molecular weight excluding hydrogens is 284 g/mol. The van der Waals surface area contributed by atoms with Crippen LogP contribution in [-0.4, -0.2) is 20.6 Å². The highest BCUT2D eigenvalue weighted by Gasteiger charge is 2.11. The molecule has 1 aromatic carbocycles. The lowest BCUT2D eigenvalue weighted by molar-refractivity contribution is 0.103. The first-order valence-corrected chi connectivity index (χ1v) is 8.14. The minimum atomic E-state index is -3.39. The van der Waals surface area contributed by atoms with E-state index in [-0.39, 0.29) is 5.91 Å². The Morgan fingerprint density at radius 2 is 1.79 bits per heavy atom. The van der Waals surface area contributed by atoms with E-state index in [0.29, 0.717) is 16.3 Å². The molecule has 2 aromatic rings. The number of sulfonamides is 1. The van der Waals surface area contributed by atoms with Gasteiger partial charge in [0.05, 0.1) is 22.5 Å². The van der Waals surface area contributed by atoms with E-state index in [1.807, 2.05) is 0 Å². The number of carbonyl (C=O) groups excluding carboxylic acids is 1. The molecular formula is C12H12N2O3S2. The van der Waals surface area contributed by atoms with Gasteiger partial charge in [-0.3, -0.25) is 9.52 Å². The van der Waals surface area contributed by atoms with Crippen LogP contribution >= 0.6 is 11.3 Å². The fourth-order valence-corrected chi connectivity index (χ4v) is 2.67. The van der Waals surface area contributed by atoms with Crippen LogP contribution in [0, 0.1) is 0 Å². The van der Waals surface area contributed by atoms with E-state index in [4.69, 9.17) is 0 Å². The predicted octanol–water partition coefficient (Wildman–Crippen LogP) is 2.37. The summed E-state index contributed by atoms with van der Waals surface area (Å²) >= 11 is 1.32. The Balaban J connectivity index is 2.23. The zero-order chi connectivity index (χ0) is 13.9. The number of rotatable bonds is 4. The van der Waals surface area contributed by atoms with Crippen molar-refractivity contribution in [3.05, 3.63) is 46.7 Å². The Labute approximate surface area is 115 Å². The molecule has 7 heteroatoms. The van der Waals surface area contributed by atoms with Crippen LogP contribution in [-0.2, 0) is 10.0 Å². The molecule has 0 bridgehead atoms. The van der Waals surface area contributed by atoms with Crippen molar-refractivity contribution in [3.63, 3.8) is 0 Å². The molecule has 0 saturated carbocycles. The maximum absolute atomic E-state index is 11.9. The topological polar surface area (TPSA) is 75.3 Å². The summed E-state index contributed by atoms with van der Waals surface area (Å²) in [7, 11) is -3.39. The van der Waals surface area contributed by atoms with E-state index in [0.717, 1.165) is 6.26 Å². The smallest absolute Gasteiger partial charge is 0.265 e. The summed E-state index contributed by atoms with van der Waals surface area (Å²) in [5, 5.41) is 4.48. The number of anilines is 2. The normalized spacial score (nSPS) is 11.0. The van der Waals surface area contributed by atoms with E-state index < -0.39 is 10.0 Å². The zero-order valence-corrected chi connectivity index (χ0v) is 11.7. The first-order valence-electron chi connectivity index (χ1n) is 5.37. The number of hydrogen-bond acceptors (Lipinski definition) is 4. The number of carbonyl (C=O) groups is 1. The maximum Gasteiger partial charge on any atom is 0.265 e. The Morgan fingerprint density at radius 1 is 1.11 bits per heavy atom. The van der Waals surface area contributed by atoms with Crippen molar-refractivity contribution >= 4 is 38.6 Å². The Bertz CT molecular complexity index is 679. The average molecular weight is 296 g/mol. The van der Waals surface area contributed by atoms with Gasteiger partial charge in [-0.05, 0) is 23.6 Å². The highest BCUT2D eigenvalue weighted by atomic mass is 32.2. The van der Waals surface area contributed by atoms with Gasteiger partial charge in [0.25, 0.3) is 5.91 Å². The Kier molecular flexibility index (Phi) is 3.87. The monoisotopic (exact) mass is 296 g/mol. The van der Waals surface area contributed by atoms with Crippen molar-refractivity contribution in [2.24, 2.45) is 0 Å². The molecule has 0 aliphatic heterocycles. The van der Waals surface area contributed by atoms with Gasteiger partial charge in [-0.25, -0.2) is 8.42 Å². The number of nitrogens with one attached hydrogen (secondary N) is 2. The largest absolute Gasteiger partial charge is 0.319 e. The molecule has 0 fully saturated rings. The number of benzene rings is 1. The number of thiophene rings is 1. The summed E-state index contributed by atoms with van der Waals surface area (Å²) in [4.78, 5) is 12.5. The van der Waals surface area contributed by atoms with Crippen molar-refractivity contribution < 1.29 is 13.2 Å². The third-order valence-corrected chi connectivity index (χ3v) is 3.67. The molecule has 0 unspecified atom stereocenters. The molecule has 0 atom stereocenters. The molecule has 0 aliphatic carbocycles. The molecule has 0 aliphatic rings. The van der Waals surface area contributed by atoms with E-state index in [2.05, 4.69) is 10.0 Å². The molecule has 1 aromatic heterocycles. The van der Waals surface area contributed by atoms with Gasteiger partial charge in [0, 0.05) is 0 Å². The van der Waals surface area contributed by atoms with Gasteiger partial charge in [-0.15, -0.1) is 11.3 Å². The lowest BCUT2D eigenvalue weighted by Crippen LogP contribution is -2.15. The van der Waals surface area contributed by atoms with Gasteiger partial charge in [0.15, 0.2) is 0 Å². The van der Waals surface area contributed by atoms with Crippen molar-refractivity contribution in [3.8, 4) is 0 Å². The van der Waals surface area contributed by atoms with Crippen molar-refractivity contribution in [1.29, 1.82) is 0 Å². The van der Waals surface area contributed by atoms with Gasteiger partial charge in [-0.1, -0.05) is 18.2 Å². The second-order valence-electron chi connectivity index (χ2n) is 3.85. The van der Waals surface area contributed by atoms with Gasteiger partial charge in [0.1, 0.15) is 0 Å². The minimum absolute atomic E-state index is 0.266. The van der Waals surface area contributed by atoms with Crippen molar-refractivity contribution in [2.75, 3.05) is 16.3 Å². The van der Waals surface area contributed by atoms with Crippen molar-refractivity contribution in [1.82, 2.24) is 0 Å². The minimum Gasteiger partial charge on any atom is -0.319 e. The predicted molar refractivity (Wildman–Crippen MR) is 77.2 cm³/mol. The first kappa shape index (κ1) is 13.6. The summed E-state index contributed by atoms with van der Waals surface area (Å²) in [5.74, 6) is -0.266. The standard InChI is InChI=1S/C12H12N2O3S2/c1-19(16,17)14-10-6-3-2-5-9(10)13-12(15)11-7-4-8-18-11/h2-8,14H,1H3,(H,13,15). The SMILES string of the molecule is CS(=O)(=O)Nc1ccccc1NC(=O)c1cccs1. The van der Waals surface area contributed by atoms with Crippen LogP contribution in [0.2, 0.25) is 0 Å². The van der Waals surface area contributed by atoms with Crippen LogP contribution in [0.3, 0.4) is 0 Å². The number of hydrogen-bond donors (Lipinski definition) is 2. The fourth-order valence-electron chi connectivity index (χ4n) is 1.47. The van der Waals surface area contributed by atoms with Crippen LogP contribution in [0.5, 0.6) is 0 Å². The number of para-hydroxylation sites is 2. The summed E-state index contributed by atoms with van der Waals surface area (Å²) in [6.45, 7) is 0. The molecule has 2 rings (SSSR count). The maximum atomic E-state index is 11.9. The highest BCUT2D eigenvalue weighted by molar-refractivity contribution is 7.92. The lowest BCUT2D eigenvalue weighted by Gasteiger charge is -2.11. The molecule has 2 N–H and O–H groups in total. The quantitative estimate of drug-likeness (QED) is 0.909. The van der Waals surface area contributed by atoms with Crippen LogP contribution in [0.4, 0.5) is 11.4 Å². The number of amides is 1. The zero-order valence-electron chi connectivity index (χ0n) is 10.1. The summed E-state index contributed by atoms with van der Waals surface area (Å²) in [6, 6.07) is 10.1. The van der Waals surface area contributed by atoms with Gasteiger partial charge >= 0.3 is 0 Å². The molecule has 19 heavy (non-hydrogen) atoms. The molecule has 0 radical (unpaired) electrons. The van der Waals surface area contributed by atoms with E-state index >= 15 is 0 Å². The molecule has 5 nitrogen and oxygen atoms in total. The summed E-state index contributed by atoms with van der Waals surface area (Å²) in [5.41, 5.74) is 0.765. The van der Waals surface area contributed by atoms with Crippen molar-refractivity contribution in [2.45, 2.75) is 0 Å². The van der Waals surface area contributed by atoms with Crippen LogP contribution in [0.15, 0.2) is 41.8 Å². The van der Waals surface area contributed by atoms with Gasteiger partial charge < -0.3 is 5.32 Å². The molecule has 100 valence electrons. The van der Waals surface area contributed by atoms with Crippen LogP contribution in [0.1, 0.15) is 9.67 Å². The van der Waals surface area contributed by atoms with E-state index in [1.165, 1.54) is 11.3 Å². The summed E-state index contributed by atoms with van der Waals surface area (Å²) < 4.78 is 24.9. The third kappa shape index (κ3) is 3.80. The molecule has 0 spiro atoms. The highest BCUT2D eigenvalue weighted by Crippen LogP contribution is 2.23. The average Bonchev–Trinajstić information content (AvgIpc) is 2.83. The molecule has 0 saturated heterocycles. The van der Waals surface area contributed by atoms with Gasteiger partial charge in [0.2, 0.25) is 10.0 Å². The first-order chi connectivity index (χ1) is 8.96. The van der Waals surface area contributed by atoms with Crippen LogP contribution < -0.4 is 10.0 Å². The second-order valence-corrected chi connectivity index (χ2v) is 6.55. The second kappa shape index (κ2) is 5.41. The molecule has 1 amide bonds. The Morgan fingerprint density at radius 3 is 2.37 bits per heavy atom. The third-order valence-electron chi connectivity index (χ3n) is 2.22. The Hall–Kier alpha value is -1.86.